The Hall–Kier alpha value is -1.24. The lowest BCUT2D eigenvalue weighted by molar-refractivity contribution is 0.0207. The Morgan fingerprint density at radius 1 is 1.14 bits per heavy atom. The van der Waals surface area contributed by atoms with Crippen LogP contribution in [-0.2, 0) is 0 Å². The Labute approximate surface area is 125 Å². The van der Waals surface area contributed by atoms with Gasteiger partial charge in [-0.05, 0) is 38.3 Å². The Morgan fingerprint density at radius 2 is 1.86 bits per heavy atom. The van der Waals surface area contributed by atoms with Crippen LogP contribution in [0, 0.1) is 0 Å². The van der Waals surface area contributed by atoms with Gasteiger partial charge in [-0.3, -0.25) is 4.90 Å². The minimum atomic E-state index is -0.629. The van der Waals surface area contributed by atoms with Crippen LogP contribution in [0.4, 0.5) is 5.95 Å². The number of likely N-dealkylation sites (tertiary alicyclic amines) is 1. The number of aliphatic hydroxyl groups excluding tert-OH is 2. The summed E-state index contributed by atoms with van der Waals surface area (Å²) in [4.78, 5) is 13.3. The van der Waals surface area contributed by atoms with E-state index in [0.29, 0.717) is 6.54 Å². The topological polar surface area (TPSA) is 72.7 Å². The highest BCUT2D eigenvalue weighted by Gasteiger charge is 2.43. The highest BCUT2D eigenvalue weighted by atomic mass is 16.3. The Bertz CT molecular complexity index is 448. The van der Waals surface area contributed by atoms with Crippen LogP contribution in [0.15, 0.2) is 18.5 Å². The molecule has 0 saturated carbocycles. The Morgan fingerprint density at radius 3 is 2.52 bits per heavy atom. The van der Waals surface area contributed by atoms with E-state index in [1.165, 1.54) is 12.8 Å². The van der Waals surface area contributed by atoms with Gasteiger partial charge in [0.15, 0.2) is 0 Å². The van der Waals surface area contributed by atoms with Gasteiger partial charge in [-0.2, -0.15) is 0 Å². The van der Waals surface area contributed by atoms with Gasteiger partial charge in [0, 0.05) is 37.6 Å². The average Bonchev–Trinajstić information content (AvgIpc) is 2.91. The maximum atomic E-state index is 9.74. The molecule has 3 rings (SSSR count). The van der Waals surface area contributed by atoms with Crippen molar-refractivity contribution in [3.8, 4) is 0 Å². The van der Waals surface area contributed by atoms with Crippen molar-refractivity contribution < 1.29 is 10.2 Å². The molecular weight excluding hydrogens is 268 g/mol. The first-order valence-corrected chi connectivity index (χ1v) is 7.79. The molecule has 0 radical (unpaired) electrons. The maximum absolute atomic E-state index is 9.74. The fraction of sp³-hybridized carbons (Fsp3) is 0.733. The predicted octanol–water partition coefficient (Wildman–Crippen LogP) is 0.265. The van der Waals surface area contributed by atoms with Gasteiger partial charge < -0.3 is 15.1 Å². The van der Waals surface area contributed by atoms with Crippen LogP contribution in [0.1, 0.15) is 25.7 Å². The largest absolute Gasteiger partial charge is 0.394 e. The van der Waals surface area contributed by atoms with Gasteiger partial charge in [-0.1, -0.05) is 0 Å². The molecule has 0 aromatic carbocycles. The quantitative estimate of drug-likeness (QED) is 0.829. The summed E-state index contributed by atoms with van der Waals surface area (Å²) in [5.74, 6) is 0.812. The van der Waals surface area contributed by atoms with Gasteiger partial charge in [0.25, 0.3) is 0 Å². The van der Waals surface area contributed by atoms with Crippen molar-refractivity contribution in [2.75, 3.05) is 37.7 Å². The molecule has 116 valence electrons. The third-order valence-electron chi connectivity index (χ3n) is 4.91. The van der Waals surface area contributed by atoms with Crippen molar-refractivity contribution in [1.29, 1.82) is 0 Å². The molecule has 0 unspecified atom stereocenters. The molecular formula is C15H24N4O2. The third kappa shape index (κ3) is 3.02. The lowest BCUT2D eigenvalue weighted by atomic mass is 9.85. The van der Waals surface area contributed by atoms with Gasteiger partial charge in [0.2, 0.25) is 5.95 Å². The summed E-state index contributed by atoms with van der Waals surface area (Å²) < 4.78 is 0. The molecule has 1 aromatic heterocycles. The lowest BCUT2D eigenvalue weighted by Crippen LogP contribution is -2.54. The normalized spacial score (nSPS) is 23.6. The summed E-state index contributed by atoms with van der Waals surface area (Å²) in [5, 5.41) is 18.8. The number of anilines is 1. The number of rotatable bonds is 4. The van der Waals surface area contributed by atoms with E-state index in [4.69, 9.17) is 5.11 Å². The van der Waals surface area contributed by atoms with Gasteiger partial charge in [-0.25, -0.2) is 9.97 Å². The summed E-state index contributed by atoms with van der Waals surface area (Å²) in [6.07, 6.45) is 7.45. The molecule has 2 aliphatic heterocycles. The molecule has 3 heterocycles. The summed E-state index contributed by atoms with van der Waals surface area (Å²) in [5.41, 5.74) is 0.196. The van der Waals surface area contributed by atoms with E-state index < -0.39 is 6.10 Å². The van der Waals surface area contributed by atoms with Crippen molar-refractivity contribution in [3.63, 3.8) is 0 Å². The van der Waals surface area contributed by atoms with E-state index in [1.54, 1.807) is 12.4 Å². The smallest absolute Gasteiger partial charge is 0.225 e. The maximum Gasteiger partial charge on any atom is 0.225 e. The van der Waals surface area contributed by atoms with E-state index in [0.717, 1.165) is 38.4 Å². The molecule has 6 nitrogen and oxygen atoms in total. The summed E-state index contributed by atoms with van der Waals surface area (Å²) in [6.45, 7) is 3.36. The first-order chi connectivity index (χ1) is 10.2. The van der Waals surface area contributed by atoms with Gasteiger partial charge in [0.05, 0.1) is 12.7 Å². The SMILES string of the molecule is OC[C@@H](O)CN1CCCC12CCN(c1ncccn1)CC2. The zero-order valence-electron chi connectivity index (χ0n) is 12.4. The lowest BCUT2D eigenvalue weighted by Gasteiger charge is -2.45. The second kappa shape index (κ2) is 6.25. The standard InChI is InChI=1S/C15H24N4O2/c20-12-13(21)11-19-8-1-3-15(19)4-9-18(10-5-15)14-16-6-2-7-17-14/h2,6-7,13,20-21H,1,3-5,8-12H2/t13-/m0/s1. The zero-order chi connectivity index (χ0) is 14.7. The van der Waals surface area contributed by atoms with Crippen molar-refractivity contribution in [2.45, 2.75) is 37.3 Å². The molecule has 2 aliphatic rings. The molecule has 2 N–H and O–H groups in total. The molecule has 1 aromatic rings. The number of aromatic nitrogens is 2. The van der Waals surface area contributed by atoms with Crippen LogP contribution in [0.3, 0.4) is 0 Å². The van der Waals surface area contributed by atoms with Gasteiger partial charge >= 0.3 is 0 Å². The molecule has 0 bridgehead atoms. The highest BCUT2D eigenvalue weighted by molar-refractivity contribution is 5.30. The number of β-amino-alcohol motifs (C(OH)–C–C–N with tert-alkyl or cyclic N) is 1. The van der Waals surface area contributed by atoms with Crippen molar-refractivity contribution in [2.24, 2.45) is 0 Å². The Balaban J connectivity index is 1.63. The van der Waals surface area contributed by atoms with Crippen LogP contribution < -0.4 is 4.90 Å². The monoisotopic (exact) mass is 292 g/mol. The summed E-state index contributed by atoms with van der Waals surface area (Å²) in [6, 6.07) is 1.84. The van der Waals surface area contributed by atoms with Crippen LogP contribution in [0.25, 0.3) is 0 Å². The molecule has 6 heteroatoms. The van der Waals surface area contributed by atoms with Crippen LogP contribution in [0.2, 0.25) is 0 Å². The molecule has 1 atom stereocenters. The fourth-order valence-corrected chi connectivity index (χ4v) is 3.74. The third-order valence-corrected chi connectivity index (χ3v) is 4.91. The van der Waals surface area contributed by atoms with Crippen LogP contribution in [-0.4, -0.2) is 69.5 Å². The van der Waals surface area contributed by atoms with Crippen molar-refractivity contribution in [1.82, 2.24) is 14.9 Å². The van der Waals surface area contributed by atoms with Crippen LogP contribution >= 0.6 is 0 Å². The number of piperidine rings is 1. The number of hydrogen-bond donors (Lipinski definition) is 2. The van der Waals surface area contributed by atoms with E-state index in [9.17, 15) is 5.11 Å². The number of nitrogens with zero attached hydrogens (tertiary/aromatic N) is 4. The molecule has 1 spiro atoms. The van der Waals surface area contributed by atoms with E-state index >= 15 is 0 Å². The van der Waals surface area contributed by atoms with Crippen molar-refractivity contribution in [3.05, 3.63) is 18.5 Å². The van der Waals surface area contributed by atoms with E-state index in [1.807, 2.05) is 6.07 Å². The average molecular weight is 292 g/mol. The van der Waals surface area contributed by atoms with Gasteiger partial charge in [-0.15, -0.1) is 0 Å². The summed E-state index contributed by atoms with van der Waals surface area (Å²) in [7, 11) is 0. The number of hydrogen-bond acceptors (Lipinski definition) is 6. The minimum absolute atomic E-state index is 0.156. The highest BCUT2D eigenvalue weighted by Crippen LogP contribution is 2.38. The van der Waals surface area contributed by atoms with Crippen LogP contribution in [0.5, 0.6) is 0 Å². The first kappa shape index (κ1) is 14.7. The second-order valence-corrected chi connectivity index (χ2v) is 6.15. The molecule has 0 amide bonds. The minimum Gasteiger partial charge on any atom is -0.394 e. The fourth-order valence-electron chi connectivity index (χ4n) is 3.74. The molecule has 2 saturated heterocycles. The number of aliphatic hydroxyl groups is 2. The predicted molar refractivity (Wildman–Crippen MR) is 80.1 cm³/mol. The van der Waals surface area contributed by atoms with E-state index in [2.05, 4.69) is 19.8 Å². The molecule has 2 fully saturated rings. The Kier molecular flexibility index (Phi) is 4.37. The zero-order valence-corrected chi connectivity index (χ0v) is 12.4. The van der Waals surface area contributed by atoms with Gasteiger partial charge in [0.1, 0.15) is 0 Å². The van der Waals surface area contributed by atoms with Crippen molar-refractivity contribution >= 4 is 5.95 Å². The molecule has 21 heavy (non-hydrogen) atoms. The second-order valence-electron chi connectivity index (χ2n) is 6.15. The first-order valence-electron chi connectivity index (χ1n) is 7.79. The summed E-state index contributed by atoms with van der Waals surface area (Å²) >= 11 is 0. The van der Waals surface area contributed by atoms with E-state index in [-0.39, 0.29) is 12.1 Å². The molecule has 0 aliphatic carbocycles.